The quantitative estimate of drug-likeness (QED) is 0.485. The van der Waals surface area contributed by atoms with E-state index in [-0.39, 0.29) is 40.4 Å². The molecule has 0 aliphatic heterocycles. The Morgan fingerprint density at radius 3 is 2.57 bits per heavy atom. The van der Waals surface area contributed by atoms with Crippen molar-refractivity contribution in [3.8, 4) is 17.6 Å². The minimum absolute atomic E-state index is 0.00156. The van der Waals surface area contributed by atoms with Gasteiger partial charge >= 0.3 is 0 Å². The lowest BCUT2D eigenvalue weighted by Gasteiger charge is -2.21. The van der Waals surface area contributed by atoms with Crippen molar-refractivity contribution in [3.63, 3.8) is 0 Å². The maximum atomic E-state index is 12.0. The largest absolute Gasteiger partial charge is 0.872 e. The fraction of sp³-hybridized carbons (Fsp3) is 0.133. The fourth-order valence-electron chi connectivity index (χ4n) is 1.96. The van der Waals surface area contributed by atoms with E-state index < -0.39 is 10.7 Å². The van der Waals surface area contributed by atoms with E-state index in [1.165, 1.54) is 24.3 Å². The van der Waals surface area contributed by atoms with Crippen LogP contribution < -0.4 is 10.2 Å². The molecule has 0 N–H and O–H groups in total. The number of hydrogen-bond acceptors (Lipinski definition) is 7. The molecule has 0 unspecified atom stereocenters. The van der Waals surface area contributed by atoms with Crippen LogP contribution in [0.2, 0.25) is 0 Å². The normalized spacial score (nSPS) is 10.6. The van der Waals surface area contributed by atoms with Crippen LogP contribution in [0.4, 0.5) is 17.1 Å². The Kier molecular flexibility index (Phi) is 4.52. The van der Waals surface area contributed by atoms with Gasteiger partial charge in [-0.05, 0) is 24.6 Å². The van der Waals surface area contributed by atoms with Crippen molar-refractivity contribution >= 4 is 17.1 Å². The molecule has 0 fully saturated rings. The van der Waals surface area contributed by atoms with E-state index in [1.54, 1.807) is 13.0 Å². The summed E-state index contributed by atoms with van der Waals surface area (Å²) in [7, 11) is 0. The molecule has 2 rings (SSSR count). The van der Waals surface area contributed by atoms with E-state index >= 15 is 0 Å². The van der Waals surface area contributed by atoms with Gasteiger partial charge in [0.1, 0.15) is 11.6 Å². The van der Waals surface area contributed by atoms with Crippen LogP contribution in [0.5, 0.6) is 11.5 Å². The van der Waals surface area contributed by atoms with Crippen molar-refractivity contribution in [1.82, 2.24) is 0 Å². The number of azo groups is 1. The van der Waals surface area contributed by atoms with Crippen molar-refractivity contribution in [1.29, 1.82) is 5.26 Å². The Morgan fingerprint density at radius 1 is 1.22 bits per heavy atom. The highest BCUT2D eigenvalue weighted by Gasteiger charge is 2.13. The lowest BCUT2D eigenvalue weighted by atomic mass is 10.1. The summed E-state index contributed by atoms with van der Waals surface area (Å²) in [6.45, 7) is 1.69. The van der Waals surface area contributed by atoms with E-state index in [1.807, 2.05) is 0 Å². The van der Waals surface area contributed by atoms with Crippen LogP contribution in [0.25, 0.3) is 0 Å². The summed E-state index contributed by atoms with van der Waals surface area (Å²) in [5, 5.41) is 50.8. The van der Waals surface area contributed by atoms with Crippen molar-refractivity contribution in [3.05, 3.63) is 51.6 Å². The van der Waals surface area contributed by atoms with Crippen molar-refractivity contribution in [2.45, 2.75) is 13.3 Å². The monoisotopic (exact) mass is 310 g/mol. The molecule has 0 atom stereocenters. The molecule has 2 aromatic rings. The summed E-state index contributed by atoms with van der Waals surface area (Å²) in [6, 6.07) is 7.88. The summed E-state index contributed by atoms with van der Waals surface area (Å²) in [4.78, 5) is 10.1. The third-order valence-electron chi connectivity index (χ3n) is 3.12. The van der Waals surface area contributed by atoms with Gasteiger partial charge in [-0.3, -0.25) is 10.1 Å². The zero-order valence-electron chi connectivity index (χ0n) is 12.0. The van der Waals surface area contributed by atoms with Gasteiger partial charge in [-0.2, -0.15) is 15.5 Å². The Morgan fingerprint density at radius 2 is 1.96 bits per heavy atom. The summed E-state index contributed by atoms with van der Waals surface area (Å²) in [5.41, 5.74) is -0.171. The molecule has 0 amide bonds. The highest BCUT2D eigenvalue weighted by molar-refractivity contribution is 5.60. The minimum atomic E-state index is -0.671. The number of rotatable bonds is 4. The molecule has 2 aromatic carbocycles. The number of nitrogens with zero attached hydrogens (tertiary/aromatic N) is 4. The Labute approximate surface area is 131 Å². The third-order valence-corrected chi connectivity index (χ3v) is 3.12. The second kappa shape index (κ2) is 6.53. The standard InChI is InChI=1S/C15H12N4O4/c1-2-11-14(20)6-4-12(15(11)21)18-17-10-3-5-13(19(22)23)9(7-10)8-16/h3-7,20-21H,2H2,1H3/p-2. The third kappa shape index (κ3) is 3.24. The molecule has 0 saturated heterocycles. The second-order valence-electron chi connectivity index (χ2n) is 4.51. The van der Waals surface area contributed by atoms with Crippen LogP contribution in [0, 0.1) is 21.4 Å². The number of nitro benzene ring substituents is 1. The number of benzene rings is 2. The first-order chi connectivity index (χ1) is 11.0. The van der Waals surface area contributed by atoms with Gasteiger partial charge in [-0.1, -0.05) is 24.3 Å². The summed E-state index contributed by atoms with van der Waals surface area (Å²) in [6.07, 6.45) is 0.289. The van der Waals surface area contributed by atoms with Crippen LogP contribution in [0.3, 0.4) is 0 Å². The van der Waals surface area contributed by atoms with E-state index in [9.17, 15) is 20.3 Å². The first-order valence-corrected chi connectivity index (χ1v) is 6.58. The minimum Gasteiger partial charge on any atom is -0.872 e. The number of nitro groups is 1. The van der Waals surface area contributed by atoms with E-state index in [2.05, 4.69) is 10.2 Å². The van der Waals surface area contributed by atoms with E-state index in [4.69, 9.17) is 5.26 Å². The summed E-state index contributed by atoms with van der Waals surface area (Å²) < 4.78 is 0. The Hall–Kier alpha value is -3.47. The average molecular weight is 310 g/mol. The molecule has 0 spiro atoms. The fourth-order valence-corrected chi connectivity index (χ4v) is 1.96. The van der Waals surface area contributed by atoms with Crippen LogP contribution in [-0.4, -0.2) is 4.92 Å². The number of nitriles is 1. The highest BCUT2D eigenvalue weighted by Crippen LogP contribution is 2.34. The van der Waals surface area contributed by atoms with Crippen LogP contribution in [0.15, 0.2) is 40.6 Å². The van der Waals surface area contributed by atoms with Crippen LogP contribution in [-0.2, 0) is 6.42 Å². The van der Waals surface area contributed by atoms with Crippen molar-refractivity contribution in [2.24, 2.45) is 10.2 Å². The molecule has 0 aromatic heterocycles. The average Bonchev–Trinajstić information content (AvgIpc) is 2.54. The molecule has 8 nitrogen and oxygen atoms in total. The van der Waals surface area contributed by atoms with Crippen LogP contribution in [0.1, 0.15) is 18.1 Å². The van der Waals surface area contributed by atoms with Gasteiger partial charge in [0.15, 0.2) is 0 Å². The van der Waals surface area contributed by atoms with Gasteiger partial charge in [0.25, 0.3) is 5.69 Å². The van der Waals surface area contributed by atoms with Gasteiger partial charge in [0.2, 0.25) is 0 Å². The smallest absolute Gasteiger partial charge is 0.287 e. The lowest BCUT2D eigenvalue weighted by molar-refractivity contribution is -0.385. The Bertz CT molecular complexity index is 840. The second-order valence-corrected chi connectivity index (χ2v) is 4.51. The Balaban J connectivity index is 2.38. The predicted molar refractivity (Wildman–Crippen MR) is 76.7 cm³/mol. The SMILES string of the molecule is CCc1c([O-])ccc(N=Nc2ccc([N+](=O)[O-])c(C#N)c2)c1[O-]. The molecule has 0 aliphatic rings. The number of hydrogen-bond donors (Lipinski definition) is 0. The van der Waals surface area contributed by atoms with Crippen molar-refractivity contribution < 1.29 is 15.1 Å². The molecule has 0 heterocycles. The summed E-state index contributed by atoms with van der Waals surface area (Å²) >= 11 is 0. The molecule has 8 heteroatoms. The van der Waals surface area contributed by atoms with E-state index in [0.29, 0.717) is 0 Å². The lowest BCUT2D eigenvalue weighted by Crippen LogP contribution is -2.02. The van der Waals surface area contributed by atoms with Gasteiger partial charge in [-0.25, -0.2) is 0 Å². The van der Waals surface area contributed by atoms with Crippen molar-refractivity contribution in [2.75, 3.05) is 0 Å². The summed E-state index contributed by atoms with van der Waals surface area (Å²) in [5.74, 6) is -0.843. The van der Waals surface area contributed by atoms with Gasteiger partial charge in [-0.15, -0.1) is 5.75 Å². The molecular formula is C15H10N4O4-2. The van der Waals surface area contributed by atoms with E-state index in [0.717, 1.165) is 6.07 Å². The molecule has 0 aliphatic carbocycles. The zero-order valence-corrected chi connectivity index (χ0v) is 12.0. The molecule has 0 bridgehead atoms. The maximum absolute atomic E-state index is 12.0. The van der Waals surface area contributed by atoms with Gasteiger partial charge in [0, 0.05) is 6.07 Å². The van der Waals surface area contributed by atoms with Gasteiger partial charge < -0.3 is 10.2 Å². The highest BCUT2D eigenvalue weighted by atomic mass is 16.6. The van der Waals surface area contributed by atoms with Crippen LogP contribution >= 0.6 is 0 Å². The molecular weight excluding hydrogens is 300 g/mol. The topological polar surface area (TPSA) is 138 Å². The zero-order chi connectivity index (χ0) is 17.0. The molecule has 0 radical (unpaired) electrons. The molecule has 0 saturated carbocycles. The predicted octanol–water partition coefficient (Wildman–Crippen LogP) is 2.59. The molecule has 23 heavy (non-hydrogen) atoms. The van der Waals surface area contributed by atoms with Gasteiger partial charge in [0.05, 0.1) is 16.3 Å². The first-order valence-electron chi connectivity index (χ1n) is 6.58. The first kappa shape index (κ1) is 15.9. The molecule has 116 valence electrons. The maximum Gasteiger partial charge on any atom is 0.287 e.